The van der Waals surface area contributed by atoms with Crippen molar-refractivity contribution in [1.82, 2.24) is 19.5 Å². The van der Waals surface area contributed by atoms with Crippen molar-refractivity contribution in [2.45, 2.75) is 19.7 Å². The van der Waals surface area contributed by atoms with E-state index in [1.807, 2.05) is 36.6 Å². The van der Waals surface area contributed by atoms with E-state index in [1.54, 1.807) is 30.5 Å². The molecule has 4 rings (SSSR count). The molecule has 0 aliphatic rings. The number of nitrogens with two attached hydrogens (primary N) is 1. The average Bonchev–Trinajstić information content (AvgIpc) is 3.00. The third kappa shape index (κ3) is 2.70. The smallest absolute Gasteiger partial charge is 0.165 e. The molecule has 2 N–H and O–H groups in total. The Morgan fingerprint density at radius 2 is 1.92 bits per heavy atom. The zero-order valence-electron chi connectivity index (χ0n) is 16.4. The number of fused-ring (bicyclic) bond motifs is 1. The van der Waals surface area contributed by atoms with E-state index in [4.69, 9.17) is 30.0 Å². The number of nitrogens with zero attached hydrogens (tertiary/aromatic N) is 4. The van der Waals surface area contributed by atoms with Crippen LogP contribution in [-0.4, -0.2) is 19.5 Å². The molecule has 130 valence electrons. The van der Waals surface area contributed by atoms with Crippen LogP contribution < -0.4 is 5.73 Å². The van der Waals surface area contributed by atoms with Crippen LogP contribution in [-0.2, 0) is 5.83 Å². The summed E-state index contributed by atoms with van der Waals surface area (Å²) in [6.45, 7) is 3.95. The first-order valence-corrected chi connectivity index (χ1v) is 8.51. The van der Waals surface area contributed by atoms with Gasteiger partial charge in [-0.25, -0.2) is 15.0 Å². The van der Waals surface area contributed by atoms with Gasteiger partial charge in [0.05, 0.1) is 5.56 Å². The number of hydrogen-bond donors (Lipinski definition) is 1. The number of imidazole rings is 1. The molecule has 0 bridgehead atoms. The minimum atomic E-state index is -1.93. The Morgan fingerprint density at radius 3 is 2.62 bits per heavy atom. The fraction of sp³-hybridized carbons (Fsp3) is 0.150. The second-order valence-corrected chi connectivity index (χ2v) is 6.27. The molecule has 0 saturated heterocycles. The van der Waals surface area contributed by atoms with Gasteiger partial charge >= 0.3 is 0 Å². The van der Waals surface area contributed by atoms with E-state index in [0.29, 0.717) is 28.4 Å². The standard InChI is InChI=1S/C20H18ClN5/c1-12-10-17-20(24-13(12)2)26(15-7-5-14(11-21)6-8-15)19(25-17)16-4-3-9-23-18(16)22/h3-10H,11H2,1-2H3,(H2,22,23)/i11D2. The number of pyridine rings is 2. The van der Waals surface area contributed by atoms with Gasteiger partial charge in [-0.2, -0.15) is 0 Å². The highest BCUT2D eigenvalue weighted by atomic mass is 35.5. The van der Waals surface area contributed by atoms with E-state index in [0.717, 1.165) is 22.5 Å². The topological polar surface area (TPSA) is 69.6 Å². The van der Waals surface area contributed by atoms with Crippen molar-refractivity contribution in [3.05, 3.63) is 65.5 Å². The summed E-state index contributed by atoms with van der Waals surface area (Å²) >= 11 is 5.79. The molecule has 3 aromatic heterocycles. The third-order valence-corrected chi connectivity index (χ3v) is 4.61. The molecular weight excluding hydrogens is 346 g/mol. The van der Waals surface area contributed by atoms with Gasteiger partial charge in [-0.3, -0.25) is 4.57 Å². The van der Waals surface area contributed by atoms with E-state index in [1.165, 1.54) is 0 Å². The number of benzene rings is 1. The molecule has 0 saturated carbocycles. The van der Waals surface area contributed by atoms with Gasteiger partial charge < -0.3 is 5.73 Å². The second kappa shape index (κ2) is 6.42. The summed E-state index contributed by atoms with van der Waals surface area (Å²) in [6, 6.07) is 12.6. The minimum absolute atomic E-state index is 0.376. The normalized spacial score (nSPS) is 12.9. The number of halogens is 1. The quantitative estimate of drug-likeness (QED) is 0.545. The van der Waals surface area contributed by atoms with Crippen molar-refractivity contribution in [2.75, 3.05) is 5.73 Å². The predicted octanol–water partition coefficient (Wildman–Crippen LogP) is 4.42. The Morgan fingerprint density at radius 1 is 1.15 bits per heavy atom. The highest BCUT2D eigenvalue weighted by Gasteiger charge is 2.18. The Hall–Kier alpha value is -2.92. The van der Waals surface area contributed by atoms with Crippen LogP contribution in [0.2, 0.25) is 0 Å². The van der Waals surface area contributed by atoms with Crippen molar-refractivity contribution in [2.24, 2.45) is 0 Å². The fourth-order valence-electron chi connectivity index (χ4n) is 2.89. The summed E-state index contributed by atoms with van der Waals surface area (Å²) in [5, 5.41) is 0. The van der Waals surface area contributed by atoms with E-state index in [2.05, 4.69) is 4.98 Å². The van der Waals surface area contributed by atoms with Crippen molar-refractivity contribution in [3.63, 3.8) is 0 Å². The van der Waals surface area contributed by atoms with Crippen LogP contribution in [0.3, 0.4) is 0 Å². The van der Waals surface area contributed by atoms with Gasteiger partial charge in [0.2, 0.25) is 0 Å². The Kier molecular flexibility index (Phi) is 3.53. The molecule has 0 aliphatic heterocycles. The maximum atomic E-state index is 7.68. The van der Waals surface area contributed by atoms with Gasteiger partial charge in [-0.05, 0) is 55.3 Å². The summed E-state index contributed by atoms with van der Waals surface area (Å²) in [5.41, 5.74) is 11.4. The molecule has 0 fully saturated rings. The lowest BCUT2D eigenvalue weighted by atomic mass is 10.2. The number of anilines is 1. The molecule has 26 heavy (non-hydrogen) atoms. The lowest BCUT2D eigenvalue weighted by Gasteiger charge is -2.11. The first-order valence-electron chi connectivity index (χ1n) is 9.13. The largest absolute Gasteiger partial charge is 0.383 e. The summed E-state index contributed by atoms with van der Waals surface area (Å²) < 4.78 is 17.3. The summed E-state index contributed by atoms with van der Waals surface area (Å²) in [7, 11) is 0. The van der Waals surface area contributed by atoms with Gasteiger partial charge in [0.15, 0.2) is 11.5 Å². The molecular formula is C20H18ClN5. The summed E-state index contributed by atoms with van der Waals surface area (Å²) in [5.74, 6) is -0.932. The van der Waals surface area contributed by atoms with Crippen molar-refractivity contribution >= 4 is 28.6 Å². The van der Waals surface area contributed by atoms with E-state index in [-0.39, 0.29) is 0 Å². The van der Waals surface area contributed by atoms with Gasteiger partial charge in [0, 0.05) is 26.2 Å². The molecule has 6 heteroatoms. The zero-order chi connectivity index (χ0) is 20.1. The number of alkyl halides is 1. The lowest BCUT2D eigenvalue weighted by Crippen LogP contribution is -2.02. The first-order chi connectivity index (χ1) is 13.3. The van der Waals surface area contributed by atoms with Crippen LogP contribution in [0, 0.1) is 13.8 Å². The number of aromatic nitrogens is 4. The minimum Gasteiger partial charge on any atom is -0.383 e. The number of aryl methyl sites for hydroxylation is 2. The zero-order valence-corrected chi connectivity index (χ0v) is 15.1. The predicted molar refractivity (Wildman–Crippen MR) is 106 cm³/mol. The average molecular weight is 366 g/mol. The maximum Gasteiger partial charge on any atom is 0.165 e. The van der Waals surface area contributed by atoms with Crippen LogP contribution >= 0.6 is 11.6 Å². The van der Waals surface area contributed by atoms with Crippen LogP contribution in [0.1, 0.15) is 19.6 Å². The summed E-state index contributed by atoms with van der Waals surface area (Å²) in [6.07, 6.45) is 1.63. The molecule has 4 aromatic rings. The Labute approximate surface area is 159 Å². The van der Waals surface area contributed by atoms with Crippen molar-refractivity contribution < 1.29 is 2.74 Å². The number of hydrogen-bond acceptors (Lipinski definition) is 4. The maximum absolute atomic E-state index is 7.68. The Balaban J connectivity index is 2.01. The molecule has 0 radical (unpaired) electrons. The van der Waals surface area contributed by atoms with Gasteiger partial charge in [-0.15, -0.1) is 11.6 Å². The van der Waals surface area contributed by atoms with Gasteiger partial charge in [0.25, 0.3) is 0 Å². The van der Waals surface area contributed by atoms with Crippen LogP contribution in [0.5, 0.6) is 0 Å². The molecule has 0 spiro atoms. The molecule has 0 unspecified atom stereocenters. The first kappa shape index (κ1) is 14.3. The van der Waals surface area contributed by atoms with Crippen LogP contribution in [0.4, 0.5) is 5.82 Å². The highest BCUT2D eigenvalue weighted by Crippen LogP contribution is 2.31. The summed E-state index contributed by atoms with van der Waals surface area (Å²) in [4.78, 5) is 13.7. The van der Waals surface area contributed by atoms with Crippen LogP contribution in [0.15, 0.2) is 48.7 Å². The third-order valence-electron chi connectivity index (χ3n) is 4.39. The van der Waals surface area contributed by atoms with E-state index < -0.39 is 5.83 Å². The van der Waals surface area contributed by atoms with Crippen molar-refractivity contribution in [3.8, 4) is 17.1 Å². The van der Waals surface area contributed by atoms with Gasteiger partial charge in [0.1, 0.15) is 11.3 Å². The second-order valence-electron chi connectivity index (χ2n) is 6.08. The fourth-order valence-corrected chi connectivity index (χ4v) is 3.02. The molecule has 0 aliphatic carbocycles. The van der Waals surface area contributed by atoms with E-state index >= 15 is 0 Å². The highest BCUT2D eigenvalue weighted by molar-refractivity contribution is 6.17. The molecule has 0 amide bonds. The van der Waals surface area contributed by atoms with Crippen molar-refractivity contribution in [1.29, 1.82) is 0 Å². The molecule has 1 aromatic carbocycles. The van der Waals surface area contributed by atoms with E-state index in [9.17, 15) is 0 Å². The molecule has 0 atom stereocenters. The van der Waals surface area contributed by atoms with Crippen LogP contribution in [0.25, 0.3) is 28.2 Å². The number of rotatable bonds is 3. The molecule has 5 nitrogen and oxygen atoms in total. The number of nitrogen functional groups attached to an aromatic ring is 1. The van der Waals surface area contributed by atoms with Gasteiger partial charge in [-0.1, -0.05) is 12.1 Å². The SMILES string of the molecule is [2H]C([2H])(Cl)c1ccc(-n2c(-c3cccnc3N)nc3cc(C)c(C)nc32)cc1. The lowest BCUT2D eigenvalue weighted by molar-refractivity contribution is 1.06. The molecule has 3 heterocycles. The Bertz CT molecular complexity index is 1180. The monoisotopic (exact) mass is 365 g/mol.